The average molecular weight is 478 g/mol. The predicted molar refractivity (Wildman–Crippen MR) is 134 cm³/mol. The summed E-state index contributed by atoms with van der Waals surface area (Å²) in [6.45, 7) is 3.07. The van der Waals surface area contributed by atoms with Crippen LogP contribution < -0.4 is 10.1 Å². The Morgan fingerprint density at radius 2 is 1.97 bits per heavy atom. The van der Waals surface area contributed by atoms with Crippen LogP contribution in [0.2, 0.25) is 0 Å². The van der Waals surface area contributed by atoms with Gasteiger partial charge in [0.2, 0.25) is 5.91 Å². The van der Waals surface area contributed by atoms with Crippen LogP contribution in [0.3, 0.4) is 0 Å². The number of piperidine rings is 1. The van der Waals surface area contributed by atoms with E-state index in [0.29, 0.717) is 26.1 Å². The largest absolute Gasteiger partial charge is 0.493 e. The van der Waals surface area contributed by atoms with Crippen molar-refractivity contribution in [2.75, 3.05) is 31.6 Å². The number of likely N-dealkylation sites (tertiary alicyclic amines) is 1. The van der Waals surface area contributed by atoms with Crippen LogP contribution in [0.1, 0.15) is 66.8 Å². The molecule has 2 N–H and O–H groups in total. The zero-order chi connectivity index (χ0) is 24.2. The third-order valence-corrected chi connectivity index (χ3v) is 7.78. The lowest BCUT2D eigenvalue weighted by Crippen LogP contribution is -2.40. The minimum Gasteiger partial charge on any atom is -0.493 e. The number of anilines is 1. The summed E-state index contributed by atoms with van der Waals surface area (Å²) < 4.78 is 5.72. The fraction of sp³-hybridized carbons (Fsp3) is 0.536. The highest BCUT2D eigenvalue weighted by atomic mass is 16.5. The summed E-state index contributed by atoms with van der Waals surface area (Å²) in [7, 11) is 0. The lowest BCUT2D eigenvalue weighted by Gasteiger charge is -2.36. The Bertz CT molecular complexity index is 1080. The van der Waals surface area contributed by atoms with Crippen LogP contribution in [-0.4, -0.2) is 53.1 Å². The molecular formula is C28H35N3O4. The standard InChI is InChI=1S/C28H35N3O4/c32-26(5-1-4-23-9-8-21-3-2-13-29-28(21)30-23)31-14-10-19(11-15-31)24(18-27(33)34)22-7-6-20-12-16-35-25(20)17-22/h6-9,17,19,24H,1-5,10-16,18H2,(H,29,30)(H,33,34). The van der Waals surface area contributed by atoms with E-state index in [1.165, 1.54) is 11.1 Å². The van der Waals surface area contributed by atoms with Gasteiger partial charge in [-0.2, -0.15) is 0 Å². The molecule has 2 aromatic rings. The Morgan fingerprint density at radius 3 is 2.80 bits per heavy atom. The minimum atomic E-state index is -0.777. The SMILES string of the molecule is O=C(O)CC(c1ccc2c(c1)OCC2)C1CCN(C(=O)CCCc2ccc3c(n2)NCCC3)CC1. The Morgan fingerprint density at radius 1 is 1.14 bits per heavy atom. The first-order valence-electron chi connectivity index (χ1n) is 13.0. The number of fused-ring (bicyclic) bond motifs is 2. The number of aromatic nitrogens is 1. The third kappa shape index (κ3) is 5.60. The van der Waals surface area contributed by atoms with Crippen molar-refractivity contribution in [2.24, 2.45) is 5.92 Å². The fourth-order valence-electron chi connectivity index (χ4n) is 5.80. The molecule has 1 fully saturated rings. The Labute approximate surface area is 206 Å². The van der Waals surface area contributed by atoms with Gasteiger partial charge in [0.15, 0.2) is 0 Å². The molecule has 0 bridgehead atoms. The van der Waals surface area contributed by atoms with E-state index in [2.05, 4.69) is 29.6 Å². The molecule has 1 amide bonds. The van der Waals surface area contributed by atoms with Gasteiger partial charge in [-0.15, -0.1) is 0 Å². The van der Waals surface area contributed by atoms with Gasteiger partial charge in [0.05, 0.1) is 13.0 Å². The van der Waals surface area contributed by atoms with Crippen molar-refractivity contribution in [3.8, 4) is 5.75 Å². The quantitative estimate of drug-likeness (QED) is 0.592. The van der Waals surface area contributed by atoms with E-state index < -0.39 is 5.97 Å². The number of hydrogen-bond donors (Lipinski definition) is 2. The van der Waals surface area contributed by atoms with Gasteiger partial charge in [-0.05, 0) is 79.2 Å². The maximum atomic E-state index is 12.9. The van der Waals surface area contributed by atoms with Crippen LogP contribution in [-0.2, 0) is 28.9 Å². The third-order valence-electron chi connectivity index (χ3n) is 7.78. The number of carbonyl (C=O) groups is 2. The molecule has 0 saturated carbocycles. The molecule has 1 unspecified atom stereocenters. The van der Waals surface area contributed by atoms with Gasteiger partial charge in [-0.1, -0.05) is 18.2 Å². The number of rotatable bonds is 8. The summed E-state index contributed by atoms with van der Waals surface area (Å²) in [5, 5.41) is 12.9. The number of amides is 1. The van der Waals surface area contributed by atoms with Crippen molar-refractivity contribution >= 4 is 17.7 Å². The monoisotopic (exact) mass is 477 g/mol. The summed E-state index contributed by atoms with van der Waals surface area (Å²) in [4.78, 5) is 31.2. The molecule has 186 valence electrons. The highest BCUT2D eigenvalue weighted by molar-refractivity contribution is 5.76. The molecule has 35 heavy (non-hydrogen) atoms. The van der Waals surface area contributed by atoms with E-state index in [9.17, 15) is 14.7 Å². The molecule has 7 heteroatoms. The van der Waals surface area contributed by atoms with E-state index >= 15 is 0 Å². The molecule has 1 aromatic heterocycles. The number of aryl methyl sites for hydroxylation is 2. The maximum absolute atomic E-state index is 12.9. The first kappa shape index (κ1) is 23.6. The molecule has 3 aliphatic heterocycles. The molecule has 1 saturated heterocycles. The van der Waals surface area contributed by atoms with Gasteiger partial charge in [0.25, 0.3) is 0 Å². The summed E-state index contributed by atoms with van der Waals surface area (Å²) >= 11 is 0. The van der Waals surface area contributed by atoms with Gasteiger partial charge in [0.1, 0.15) is 11.6 Å². The van der Waals surface area contributed by atoms with Crippen molar-refractivity contribution in [2.45, 2.75) is 63.7 Å². The van der Waals surface area contributed by atoms with Crippen LogP contribution in [0.4, 0.5) is 5.82 Å². The second-order valence-corrected chi connectivity index (χ2v) is 10.1. The van der Waals surface area contributed by atoms with E-state index in [0.717, 1.165) is 74.3 Å². The number of ether oxygens (including phenoxy) is 1. The normalized spacial score (nSPS) is 18.2. The first-order valence-corrected chi connectivity index (χ1v) is 13.0. The van der Waals surface area contributed by atoms with E-state index in [-0.39, 0.29) is 24.2 Å². The number of nitrogens with one attached hydrogen (secondary N) is 1. The molecule has 1 atom stereocenters. The minimum absolute atomic E-state index is 0.0528. The number of aliphatic carboxylic acids is 1. The summed E-state index contributed by atoms with van der Waals surface area (Å²) in [6.07, 6.45) is 7.05. The molecule has 4 heterocycles. The number of carbonyl (C=O) groups excluding carboxylic acids is 1. The van der Waals surface area contributed by atoms with Crippen molar-refractivity contribution in [1.82, 2.24) is 9.88 Å². The van der Waals surface area contributed by atoms with E-state index in [1.807, 2.05) is 11.0 Å². The Balaban J connectivity index is 1.13. The number of pyridine rings is 1. The number of carboxylic acid groups (broad SMARTS) is 1. The van der Waals surface area contributed by atoms with Gasteiger partial charge in [-0.25, -0.2) is 4.98 Å². The van der Waals surface area contributed by atoms with Gasteiger partial charge >= 0.3 is 5.97 Å². The van der Waals surface area contributed by atoms with Crippen molar-refractivity contribution in [3.05, 3.63) is 52.7 Å². The molecule has 0 radical (unpaired) electrons. The van der Waals surface area contributed by atoms with Gasteiger partial charge in [0, 0.05) is 38.2 Å². The maximum Gasteiger partial charge on any atom is 0.303 e. The number of nitrogens with zero attached hydrogens (tertiary/aromatic N) is 2. The molecular weight excluding hydrogens is 442 g/mol. The highest BCUT2D eigenvalue weighted by Crippen LogP contribution is 2.38. The average Bonchev–Trinajstić information content (AvgIpc) is 3.35. The highest BCUT2D eigenvalue weighted by Gasteiger charge is 2.31. The van der Waals surface area contributed by atoms with E-state index in [4.69, 9.17) is 9.72 Å². The lowest BCUT2D eigenvalue weighted by molar-refractivity contribution is -0.138. The Kier molecular flexibility index (Phi) is 7.21. The summed E-state index contributed by atoms with van der Waals surface area (Å²) in [6, 6.07) is 10.4. The molecule has 7 nitrogen and oxygen atoms in total. The Hall–Kier alpha value is -3.09. The zero-order valence-corrected chi connectivity index (χ0v) is 20.3. The van der Waals surface area contributed by atoms with Crippen LogP contribution in [0, 0.1) is 5.92 Å². The lowest BCUT2D eigenvalue weighted by atomic mass is 9.78. The van der Waals surface area contributed by atoms with Gasteiger partial charge < -0.3 is 20.1 Å². The van der Waals surface area contributed by atoms with Crippen LogP contribution in [0.25, 0.3) is 0 Å². The molecule has 0 spiro atoms. The van der Waals surface area contributed by atoms with Crippen molar-refractivity contribution < 1.29 is 19.4 Å². The summed E-state index contributed by atoms with van der Waals surface area (Å²) in [5.74, 6) is 1.52. The molecule has 3 aliphatic rings. The molecule has 1 aromatic carbocycles. The molecule has 5 rings (SSSR count). The molecule has 0 aliphatic carbocycles. The topological polar surface area (TPSA) is 91.8 Å². The van der Waals surface area contributed by atoms with Crippen molar-refractivity contribution in [3.63, 3.8) is 0 Å². The zero-order valence-electron chi connectivity index (χ0n) is 20.3. The number of benzene rings is 1. The predicted octanol–water partition coefficient (Wildman–Crippen LogP) is 4.19. The number of carboxylic acids is 1. The smallest absolute Gasteiger partial charge is 0.303 e. The van der Waals surface area contributed by atoms with Crippen LogP contribution in [0.15, 0.2) is 30.3 Å². The second kappa shape index (κ2) is 10.7. The van der Waals surface area contributed by atoms with Crippen LogP contribution in [0.5, 0.6) is 5.75 Å². The van der Waals surface area contributed by atoms with Gasteiger partial charge in [-0.3, -0.25) is 9.59 Å². The number of hydrogen-bond acceptors (Lipinski definition) is 5. The van der Waals surface area contributed by atoms with Crippen LogP contribution >= 0.6 is 0 Å². The van der Waals surface area contributed by atoms with Crippen molar-refractivity contribution in [1.29, 1.82) is 0 Å². The summed E-state index contributed by atoms with van der Waals surface area (Å²) in [5.41, 5.74) is 4.57. The van der Waals surface area contributed by atoms with E-state index in [1.54, 1.807) is 0 Å². The first-order chi connectivity index (χ1) is 17.1. The second-order valence-electron chi connectivity index (χ2n) is 10.1. The fourth-order valence-corrected chi connectivity index (χ4v) is 5.80.